The van der Waals surface area contributed by atoms with E-state index < -0.39 is 0 Å². The topological polar surface area (TPSA) is 20.2 Å². The number of hydrogen-bond donors (Lipinski definition) is 1. The van der Waals surface area contributed by atoms with Crippen molar-refractivity contribution in [2.24, 2.45) is 11.8 Å². The third-order valence-corrected chi connectivity index (χ3v) is 5.83. The van der Waals surface area contributed by atoms with E-state index in [0.717, 1.165) is 0 Å². The Morgan fingerprint density at radius 2 is 1.19 bits per heavy atom. The molecule has 0 amide bonds. The first-order chi connectivity index (χ1) is 10.3. The number of fused-ring (bicyclic) bond motifs is 3. The standard InChI is InChI=1S/C20H22O/c21-19-15-11-13-18(14-12-15)20(19,16-7-3-1-4-8-16)17-9-5-2-6-10-17/h1-10,15,18-19,21H,11-14H2. The molecule has 2 aromatic carbocycles. The Kier molecular flexibility index (Phi) is 3.11. The van der Waals surface area contributed by atoms with Crippen LogP contribution in [-0.4, -0.2) is 11.2 Å². The summed E-state index contributed by atoms with van der Waals surface area (Å²) >= 11 is 0. The van der Waals surface area contributed by atoms with E-state index in [4.69, 9.17) is 0 Å². The number of hydrogen-bond acceptors (Lipinski definition) is 1. The molecule has 0 saturated heterocycles. The second kappa shape index (κ2) is 4.99. The van der Waals surface area contributed by atoms with Gasteiger partial charge in [0, 0.05) is 5.41 Å². The molecular weight excluding hydrogens is 256 g/mol. The van der Waals surface area contributed by atoms with Crippen LogP contribution < -0.4 is 0 Å². The maximum absolute atomic E-state index is 11.2. The fraction of sp³-hybridized carbons (Fsp3) is 0.400. The average Bonchev–Trinajstić information content (AvgIpc) is 2.58. The summed E-state index contributed by atoms with van der Waals surface area (Å²) in [4.78, 5) is 0. The maximum atomic E-state index is 11.2. The number of benzene rings is 2. The van der Waals surface area contributed by atoms with Crippen LogP contribution in [-0.2, 0) is 5.41 Å². The van der Waals surface area contributed by atoms with E-state index >= 15 is 0 Å². The molecule has 21 heavy (non-hydrogen) atoms. The minimum absolute atomic E-state index is 0.205. The highest BCUT2D eigenvalue weighted by Gasteiger charge is 2.55. The summed E-state index contributed by atoms with van der Waals surface area (Å²) < 4.78 is 0. The van der Waals surface area contributed by atoms with Crippen LogP contribution in [0.5, 0.6) is 0 Å². The summed E-state index contributed by atoms with van der Waals surface area (Å²) in [5, 5.41) is 11.2. The number of rotatable bonds is 2. The van der Waals surface area contributed by atoms with Crippen molar-refractivity contribution >= 4 is 0 Å². The van der Waals surface area contributed by atoms with E-state index in [0.29, 0.717) is 11.8 Å². The molecule has 5 rings (SSSR count). The van der Waals surface area contributed by atoms with Gasteiger partial charge in [-0.15, -0.1) is 0 Å². The van der Waals surface area contributed by atoms with E-state index in [9.17, 15) is 5.11 Å². The molecule has 1 unspecified atom stereocenters. The van der Waals surface area contributed by atoms with Crippen LogP contribution in [0.2, 0.25) is 0 Å². The molecule has 2 bridgehead atoms. The lowest BCUT2D eigenvalue weighted by Crippen LogP contribution is -2.57. The maximum Gasteiger partial charge on any atom is 0.0708 e. The van der Waals surface area contributed by atoms with Crippen LogP contribution in [0, 0.1) is 11.8 Å². The molecule has 3 saturated carbocycles. The van der Waals surface area contributed by atoms with Crippen molar-refractivity contribution in [3.8, 4) is 0 Å². The van der Waals surface area contributed by atoms with Gasteiger partial charge in [-0.2, -0.15) is 0 Å². The third kappa shape index (κ3) is 1.80. The van der Waals surface area contributed by atoms with Crippen LogP contribution in [0.25, 0.3) is 0 Å². The van der Waals surface area contributed by atoms with E-state index in [1.807, 2.05) is 0 Å². The quantitative estimate of drug-likeness (QED) is 0.875. The predicted octanol–water partition coefficient (Wildman–Crippen LogP) is 4.15. The average molecular weight is 278 g/mol. The Hall–Kier alpha value is -1.60. The molecule has 1 nitrogen and oxygen atoms in total. The molecule has 3 fully saturated rings. The monoisotopic (exact) mass is 278 g/mol. The minimum atomic E-state index is -0.255. The molecule has 108 valence electrons. The van der Waals surface area contributed by atoms with Gasteiger partial charge in [0.2, 0.25) is 0 Å². The second-order valence-electron chi connectivity index (χ2n) is 6.66. The molecule has 1 heteroatoms. The van der Waals surface area contributed by atoms with Gasteiger partial charge in [0.05, 0.1) is 6.10 Å². The summed E-state index contributed by atoms with van der Waals surface area (Å²) in [6, 6.07) is 21.4. The van der Waals surface area contributed by atoms with Crippen molar-refractivity contribution in [3.63, 3.8) is 0 Å². The van der Waals surface area contributed by atoms with Crippen LogP contribution in [0.15, 0.2) is 60.7 Å². The predicted molar refractivity (Wildman–Crippen MR) is 85.1 cm³/mol. The third-order valence-electron chi connectivity index (χ3n) is 5.83. The number of aliphatic hydroxyl groups excluding tert-OH is 1. The first-order valence-electron chi connectivity index (χ1n) is 8.12. The van der Waals surface area contributed by atoms with Crippen LogP contribution >= 0.6 is 0 Å². The molecule has 0 aliphatic heterocycles. The highest BCUT2D eigenvalue weighted by atomic mass is 16.3. The summed E-state index contributed by atoms with van der Waals surface area (Å²) in [7, 11) is 0. The van der Waals surface area contributed by atoms with Gasteiger partial charge in [0.25, 0.3) is 0 Å². The van der Waals surface area contributed by atoms with Crippen LogP contribution in [0.3, 0.4) is 0 Å². The van der Waals surface area contributed by atoms with E-state index in [1.54, 1.807) is 0 Å². The van der Waals surface area contributed by atoms with Gasteiger partial charge in [-0.3, -0.25) is 0 Å². The summed E-state index contributed by atoms with van der Waals surface area (Å²) in [6.07, 6.45) is 4.60. The molecule has 3 aliphatic rings. The fourth-order valence-electron chi connectivity index (χ4n) is 4.91. The molecule has 3 aliphatic carbocycles. The smallest absolute Gasteiger partial charge is 0.0708 e. The Balaban J connectivity index is 1.95. The van der Waals surface area contributed by atoms with Crippen molar-refractivity contribution in [2.75, 3.05) is 0 Å². The zero-order valence-corrected chi connectivity index (χ0v) is 12.3. The zero-order valence-electron chi connectivity index (χ0n) is 12.3. The number of aliphatic hydroxyl groups is 1. The molecule has 0 radical (unpaired) electrons. The highest BCUT2D eigenvalue weighted by Crippen LogP contribution is 2.56. The Morgan fingerprint density at radius 1 is 0.714 bits per heavy atom. The van der Waals surface area contributed by atoms with Gasteiger partial charge in [-0.05, 0) is 48.6 Å². The first-order valence-corrected chi connectivity index (χ1v) is 8.12. The molecule has 2 aromatic rings. The van der Waals surface area contributed by atoms with Gasteiger partial charge in [-0.1, -0.05) is 60.7 Å². The molecule has 1 N–H and O–H groups in total. The summed E-state index contributed by atoms with van der Waals surface area (Å²) in [5.74, 6) is 1.01. The van der Waals surface area contributed by atoms with Gasteiger partial charge >= 0.3 is 0 Å². The van der Waals surface area contributed by atoms with E-state index in [-0.39, 0.29) is 11.5 Å². The Bertz CT molecular complexity index is 553. The first kappa shape index (κ1) is 13.1. The van der Waals surface area contributed by atoms with Crippen molar-refractivity contribution in [1.29, 1.82) is 0 Å². The summed E-state index contributed by atoms with van der Waals surface area (Å²) in [6.45, 7) is 0. The summed E-state index contributed by atoms with van der Waals surface area (Å²) in [5.41, 5.74) is 2.38. The second-order valence-corrected chi connectivity index (χ2v) is 6.66. The highest BCUT2D eigenvalue weighted by molar-refractivity contribution is 5.44. The minimum Gasteiger partial charge on any atom is -0.392 e. The Labute approximate surface area is 126 Å². The SMILES string of the molecule is OC1C2CCC(CC2)C1(c1ccccc1)c1ccccc1. The largest absolute Gasteiger partial charge is 0.392 e. The fourth-order valence-corrected chi connectivity index (χ4v) is 4.91. The van der Waals surface area contributed by atoms with Crippen LogP contribution in [0.1, 0.15) is 36.8 Å². The van der Waals surface area contributed by atoms with Crippen molar-refractivity contribution in [1.82, 2.24) is 0 Å². The lowest BCUT2D eigenvalue weighted by atomic mass is 9.49. The van der Waals surface area contributed by atoms with Crippen molar-refractivity contribution in [3.05, 3.63) is 71.8 Å². The Morgan fingerprint density at radius 3 is 1.62 bits per heavy atom. The lowest BCUT2D eigenvalue weighted by molar-refractivity contribution is -0.0607. The van der Waals surface area contributed by atoms with Crippen LogP contribution in [0.4, 0.5) is 0 Å². The van der Waals surface area contributed by atoms with Gasteiger partial charge in [0.15, 0.2) is 0 Å². The van der Waals surface area contributed by atoms with Gasteiger partial charge in [0.1, 0.15) is 0 Å². The molecule has 0 spiro atoms. The van der Waals surface area contributed by atoms with E-state index in [1.165, 1.54) is 36.8 Å². The molecular formula is C20H22O. The molecule has 0 aromatic heterocycles. The van der Waals surface area contributed by atoms with Crippen molar-refractivity contribution in [2.45, 2.75) is 37.2 Å². The van der Waals surface area contributed by atoms with Gasteiger partial charge < -0.3 is 5.11 Å². The molecule has 0 heterocycles. The zero-order chi connectivity index (χ0) is 14.3. The molecule has 1 atom stereocenters. The van der Waals surface area contributed by atoms with E-state index in [2.05, 4.69) is 60.7 Å². The lowest BCUT2D eigenvalue weighted by Gasteiger charge is -2.56. The van der Waals surface area contributed by atoms with Gasteiger partial charge in [-0.25, -0.2) is 0 Å². The normalized spacial score (nSPS) is 30.2. The van der Waals surface area contributed by atoms with Crippen molar-refractivity contribution < 1.29 is 5.11 Å².